The molecule has 0 aromatic carbocycles. The van der Waals surface area contributed by atoms with Gasteiger partial charge in [-0.1, -0.05) is 0 Å². The molecule has 0 aliphatic carbocycles. The van der Waals surface area contributed by atoms with Crippen molar-refractivity contribution in [3.05, 3.63) is 0 Å². The Morgan fingerprint density at radius 3 is 1.09 bits per heavy atom. The van der Waals surface area contributed by atoms with Gasteiger partial charge in [0.15, 0.2) is 0 Å². The van der Waals surface area contributed by atoms with Crippen LogP contribution >= 0.6 is 0 Å². The van der Waals surface area contributed by atoms with E-state index in [9.17, 15) is 0 Å². The summed E-state index contributed by atoms with van der Waals surface area (Å²) >= 11 is -1.73. The van der Waals surface area contributed by atoms with E-state index in [0.717, 1.165) is 23.9 Å². The quantitative estimate of drug-likeness (QED) is 0.281. The monoisotopic (exact) mass is 349 g/mol. The van der Waals surface area contributed by atoms with Crippen LogP contribution in [-0.4, -0.2) is 19.6 Å². The Morgan fingerprint density at radius 1 is 0.545 bits per heavy atom. The van der Waals surface area contributed by atoms with Crippen molar-refractivity contribution in [3.8, 4) is 0 Å². The molecule has 0 unspecified atom stereocenters. The fourth-order valence-electron chi connectivity index (χ4n) is 3.64. The number of unbranched alkanes of at least 4 members (excludes halogenated alkanes) is 6. The van der Waals surface area contributed by atoms with Gasteiger partial charge in [0, 0.05) is 0 Å². The van der Waals surface area contributed by atoms with E-state index < -0.39 is 16.6 Å². The summed E-state index contributed by atoms with van der Waals surface area (Å²) in [5.74, 6) is 0. The van der Waals surface area contributed by atoms with Crippen molar-refractivity contribution < 1.29 is 16.6 Å². The fraction of sp³-hybridized carbons (Fsp3) is 1.00. The Hall–Kier alpha value is 0.594. The van der Waals surface area contributed by atoms with Gasteiger partial charge in [0.1, 0.15) is 0 Å². The third-order valence-electron chi connectivity index (χ3n) is 5.36. The maximum atomic E-state index is 5.66. The Balaban J connectivity index is 4.48. The minimum absolute atomic E-state index is 0.856. The Kier molecular flexibility index (Phi) is 15.6. The van der Waals surface area contributed by atoms with Crippen molar-refractivity contribution in [3.63, 3.8) is 0 Å². The van der Waals surface area contributed by atoms with E-state index in [1.54, 1.807) is 14.2 Å². The van der Waals surface area contributed by atoms with Crippen LogP contribution in [0.3, 0.4) is 0 Å². The van der Waals surface area contributed by atoms with Gasteiger partial charge in [0.05, 0.1) is 0 Å². The van der Waals surface area contributed by atoms with E-state index in [2.05, 4.69) is 13.8 Å². The molecule has 0 rings (SSSR count). The van der Waals surface area contributed by atoms with Gasteiger partial charge in [-0.15, -0.1) is 0 Å². The topological polar surface area (TPSA) is 78.1 Å². The fourth-order valence-corrected chi connectivity index (χ4v) is 12.0. The van der Waals surface area contributed by atoms with Gasteiger partial charge < -0.3 is 0 Å². The number of hydrogen-bond donors (Lipinski definition) is 3. The summed E-state index contributed by atoms with van der Waals surface area (Å²) in [5.41, 5.74) is 17.0. The molecule has 0 aliphatic rings. The SMILES string of the molecule is C[CH](C)[Ti]([CH2]CCCCN)([CH2]CCCCN)[CH2]CCCCN. The van der Waals surface area contributed by atoms with E-state index in [-0.39, 0.29) is 0 Å². The van der Waals surface area contributed by atoms with Crippen LogP contribution in [0.15, 0.2) is 0 Å². The first-order chi connectivity index (χ1) is 10.6. The summed E-state index contributed by atoms with van der Waals surface area (Å²) in [4.78, 5) is 0. The summed E-state index contributed by atoms with van der Waals surface area (Å²) < 4.78 is 5.63. The molecule has 0 radical (unpaired) electrons. The van der Waals surface area contributed by atoms with Crippen LogP contribution in [0, 0.1) is 0 Å². The Morgan fingerprint density at radius 2 is 0.864 bits per heavy atom. The molecule has 0 aliphatic heterocycles. The number of rotatable bonds is 16. The normalized spacial score (nSPS) is 12.3. The zero-order valence-electron chi connectivity index (χ0n) is 15.4. The van der Waals surface area contributed by atoms with Crippen LogP contribution in [0.2, 0.25) is 18.4 Å². The van der Waals surface area contributed by atoms with Gasteiger partial charge in [-0.3, -0.25) is 0 Å². The van der Waals surface area contributed by atoms with Crippen molar-refractivity contribution in [1.29, 1.82) is 0 Å². The van der Waals surface area contributed by atoms with E-state index in [4.69, 9.17) is 17.2 Å². The zero-order valence-corrected chi connectivity index (χ0v) is 17.0. The molecule has 0 aromatic rings. The molecule has 0 saturated heterocycles. The number of hydrogen-bond acceptors (Lipinski definition) is 3. The van der Waals surface area contributed by atoms with Gasteiger partial charge in [0.25, 0.3) is 0 Å². The second-order valence-corrected chi connectivity index (χ2v) is 15.7. The van der Waals surface area contributed by atoms with E-state index in [0.29, 0.717) is 0 Å². The summed E-state index contributed by atoms with van der Waals surface area (Å²) in [6.07, 6.45) is 11.9. The summed E-state index contributed by atoms with van der Waals surface area (Å²) in [5, 5.41) is 0. The summed E-state index contributed by atoms with van der Waals surface area (Å²) in [6.45, 7) is 7.58. The van der Waals surface area contributed by atoms with Crippen molar-refractivity contribution in [2.24, 2.45) is 17.2 Å². The molecular formula is C18H43N3Ti. The first-order valence-corrected chi connectivity index (χ1v) is 13.9. The third kappa shape index (κ3) is 10.4. The molecule has 4 heteroatoms. The van der Waals surface area contributed by atoms with Crippen LogP contribution in [0.4, 0.5) is 0 Å². The van der Waals surface area contributed by atoms with E-state index in [1.807, 2.05) is 0 Å². The minimum atomic E-state index is -1.73. The molecule has 0 amide bonds. The molecule has 6 N–H and O–H groups in total. The van der Waals surface area contributed by atoms with Crippen LogP contribution < -0.4 is 17.2 Å². The molecule has 0 saturated carbocycles. The summed E-state index contributed by atoms with van der Waals surface area (Å²) in [6, 6.07) is 0. The molecule has 0 fully saturated rings. The zero-order chi connectivity index (χ0) is 16.7. The molecule has 3 nitrogen and oxygen atoms in total. The predicted octanol–water partition coefficient (Wildman–Crippen LogP) is 4.61. The summed E-state index contributed by atoms with van der Waals surface area (Å²) in [7, 11) is 0. The van der Waals surface area contributed by atoms with Crippen LogP contribution in [-0.2, 0) is 16.6 Å². The van der Waals surface area contributed by atoms with Crippen LogP contribution in [0.5, 0.6) is 0 Å². The van der Waals surface area contributed by atoms with Gasteiger partial charge >= 0.3 is 143 Å². The second-order valence-electron chi connectivity index (χ2n) is 7.32. The average Bonchev–Trinajstić information content (AvgIpc) is 2.51. The van der Waals surface area contributed by atoms with Gasteiger partial charge in [0.2, 0.25) is 0 Å². The van der Waals surface area contributed by atoms with Crippen molar-refractivity contribution in [2.45, 2.75) is 90.0 Å². The first kappa shape index (κ1) is 22.6. The molecular weight excluding hydrogens is 306 g/mol. The molecule has 134 valence electrons. The van der Waals surface area contributed by atoms with Crippen molar-refractivity contribution in [2.75, 3.05) is 19.6 Å². The molecule has 22 heavy (non-hydrogen) atoms. The Bertz CT molecular complexity index is 203. The van der Waals surface area contributed by atoms with Crippen molar-refractivity contribution in [1.82, 2.24) is 0 Å². The second kappa shape index (κ2) is 15.1. The van der Waals surface area contributed by atoms with Gasteiger partial charge in [-0.05, 0) is 0 Å². The molecule has 0 aromatic heterocycles. The van der Waals surface area contributed by atoms with Gasteiger partial charge in [-0.2, -0.15) is 0 Å². The molecule has 0 spiro atoms. The molecule has 0 atom stereocenters. The molecule has 0 bridgehead atoms. The van der Waals surface area contributed by atoms with E-state index >= 15 is 0 Å². The molecule has 0 heterocycles. The van der Waals surface area contributed by atoms with Crippen molar-refractivity contribution >= 4 is 0 Å². The Labute approximate surface area is 143 Å². The van der Waals surface area contributed by atoms with Crippen LogP contribution in [0.1, 0.15) is 71.6 Å². The van der Waals surface area contributed by atoms with Crippen LogP contribution in [0.25, 0.3) is 0 Å². The third-order valence-corrected chi connectivity index (χ3v) is 15.5. The van der Waals surface area contributed by atoms with E-state index in [1.165, 1.54) is 57.8 Å². The maximum absolute atomic E-state index is 5.66. The number of nitrogens with two attached hydrogens (primary N) is 3. The average molecular weight is 349 g/mol. The standard InChI is InChI=1S/3C5H12N.C3H7.Ti/c3*1-2-3-4-5-6;1-3-2;/h3*1-6H2;3H,1-2H3;. The predicted molar refractivity (Wildman–Crippen MR) is 98.2 cm³/mol. The van der Waals surface area contributed by atoms with Gasteiger partial charge in [-0.25, -0.2) is 0 Å². The first-order valence-electron chi connectivity index (χ1n) is 9.73.